The largest absolute Gasteiger partial charge is 0.345 e. The fourth-order valence-corrected chi connectivity index (χ4v) is 3.48. The van der Waals surface area contributed by atoms with Gasteiger partial charge < -0.3 is 4.90 Å². The van der Waals surface area contributed by atoms with Gasteiger partial charge in [0.25, 0.3) is 5.91 Å². The van der Waals surface area contributed by atoms with Crippen LogP contribution in [-0.4, -0.2) is 35.7 Å². The Labute approximate surface area is 149 Å². The Balaban J connectivity index is 1.97. The van der Waals surface area contributed by atoms with Crippen molar-refractivity contribution in [3.8, 4) is 6.07 Å². The standard InChI is InChI=1S/C19H15N3O2S/c1-22(2)19(24)13-7-5-6-12(10-13)17(23)14(11-20)18-21-15-8-3-4-9-16(15)25-18/h3-10,14H,1-2H3/t14-/m1/s1. The molecular formula is C19H15N3O2S. The van der Waals surface area contributed by atoms with Gasteiger partial charge in [-0.15, -0.1) is 11.3 Å². The van der Waals surface area contributed by atoms with Gasteiger partial charge in [0.2, 0.25) is 0 Å². The molecule has 5 nitrogen and oxygen atoms in total. The van der Waals surface area contributed by atoms with Crippen molar-refractivity contribution in [1.29, 1.82) is 5.26 Å². The van der Waals surface area contributed by atoms with Crippen LogP contribution < -0.4 is 0 Å². The lowest BCUT2D eigenvalue weighted by atomic mass is 9.97. The molecule has 0 aliphatic rings. The molecule has 3 rings (SSSR count). The van der Waals surface area contributed by atoms with Crippen LogP contribution in [0.4, 0.5) is 0 Å². The minimum Gasteiger partial charge on any atom is -0.345 e. The predicted molar refractivity (Wildman–Crippen MR) is 96.8 cm³/mol. The Morgan fingerprint density at radius 1 is 1.12 bits per heavy atom. The van der Waals surface area contributed by atoms with Gasteiger partial charge in [0.05, 0.1) is 16.3 Å². The lowest BCUT2D eigenvalue weighted by Crippen LogP contribution is -2.22. The first kappa shape index (κ1) is 16.8. The first-order valence-corrected chi connectivity index (χ1v) is 8.44. The molecule has 124 valence electrons. The van der Waals surface area contributed by atoms with E-state index in [1.54, 1.807) is 32.3 Å². The Kier molecular flexibility index (Phi) is 4.59. The molecule has 6 heteroatoms. The van der Waals surface area contributed by atoms with Crippen LogP contribution in [0.25, 0.3) is 10.2 Å². The maximum Gasteiger partial charge on any atom is 0.253 e. The highest BCUT2D eigenvalue weighted by atomic mass is 32.1. The summed E-state index contributed by atoms with van der Waals surface area (Å²) in [7, 11) is 3.30. The first-order valence-electron chi connectivity index (χ1n) is 7.62. The number of amides is 1. The van der Waals surface area contributed by atoms with E-state index in [-0.39, 0.29) is 11.7 Å². The topological polar surface area (TPSA) is 74.1 Å². The van der Waals surface area contributed by atoms with Crippen LogP contribution in [-0.2, 0) is 0 Å². The molecular weight excluding hydrogens is 334 g/mol. The molecule has 0 bridgehead atoms. The molecule has 3 aromatic rings. The van der Waals surface area contributed by atoms with Gasteiger partial charge in [-0.25, -0.2) is 4.98 Å². The molecule has 1 heterocycles. The number of carbonyl (C=O) groups excluding carboxylic acids is 2. The summed E-state index contributed by atoms with van der Waals surface area (Å²) in [5, 5.41) is 9.99. The number of Topliss-reactive ketones (excluding diaryl/α,β-unsaturated/α-hetero) is 1. The number of carbonyl (C=O) groups is 2. The Bertz CT molecular complexity index is 968. The number of thiazole rings is 1. The van der Waals surface area contributed by atoms with E-state index in [2.05, 4.69) is 11.1 Å². The number of aromatic nitrogens is 1. The van der Waals surface area contributed by atoms with Crippen molar-refractivity contribution in [1.82, 2.24) is 9.88 Å². The van der Waals surface area contributed by atoms with Gasteiger partial charge in [0.1, 0.15) is 5.01 Å². The van der Waals surface area contributed by atoms with Crippen LogP contribution in [0, 0.1) is 11.3 Å². The Morgan fingerprint density at radius 3 is 2.52 bits per heavy atom. The molecule has 0 saturated heterocycles. The molecule has 0 spiro atoms. The molecule has 2 aromatic carbocycles. The molecule has 0 unspecified atom stereocenters. The molecule has 0 aliphatic carbocycles. The molecule has 0 fully saturated rings. The number of nitrogens with zero attached hydrogens (tertiary/aromatic N) is 3. The summed E-state index contributed by atoms with van der Waals surface area (Å²) in [6, 6.07) is 16.0. The summed E-state index contributed by atoms with van der Waals surface area (Å²) in [4.78, 5) is 30.8. The number of ketones is 1. The fourth-order valence-electron chi connectivity index (χ4n) is 2.47. The van der Waals surface area contributed by atoms with E-state index in [0.29, 0.717) is 16.1 Å². The molecule has 0 radical (unpaired) electrons. The van der Waals surface area contributed by atoms with Gasteiger partial charge in [0, 0.05) is 25.2 Å². The van der Waals surface area contributed by atoms with Crippen molar-refractivity contribution in [3.63, 3.8) is 0 Å². The van der Waals surface area contributed by atoms with Crippen molar-refractivity contribution < 1.29 is 9.59 Å². The quantitative estimate of drug-likeness (QED) is 0.676. The van der Waals surface area contributed by atoms with Gasteiger partial charge in [-0.3, -0.25) is 9.59 Å². The van der Waals surface area contributed by atoms with Crippen LogP contribution >= 0.6 is 11.3 Å². The molecule has 1 aromatic heterocycles. The molecule has 0 saturated carbocycles. The number of nitriles is 1. The zero-order valence-corrected chi connectivity index (χ0v) is 14.6. The minimum atomic E-state index is -0.984. The predicted octanol–water partition coefficient (Wildman–Crippen LogP) is 3.49. The lowest BCUT2D eigenvalue weighted by molar-refractivity contribution is 0.0827. The van der Waals surface area contributed by atoms with Crippen molar-refractivity contribution in [2.75, 3.05) is 14.1 Å². The van der Waals surface area contributed by atoms with E-state index in [4.69, 9.17) is 0 Å². The molecule has 0 N–H and O–H groups in total. The number of rotatable bonds is 4. The van der Waals surface area contributed by atoms with Crippen LogP contribution in [0.15, 0.2) is 48.5 Å². The number of benzene rings is 2. The van der Waals surface area contributed by atoms with E-state index >= 15 is 0 Å². The summed E-state index contributed by atoms with van der Waals surface area (Å²) in [5.41, 5.74) is 1.52. The Morgan fingerprint density at radius 2 is 1.84 bits per heavy atom. The van der Waals surface area contributed by atoms with Crippen LogP contribution in [0.5, 0.6) is 0 Å². The van der Waals surface area contributed by atoms with E-state index < -0.39 is 5.92 Å². The highest BCUT2D eigenvalue weighted by Crippen LogP contribution is 2.29. The summed E-state index contributed by atoms with van der Waals surface area (Å²) < 4.78 is 0.932. The maximum atomic E-state index is 12.8. The molecule has 1 atom stereocenters. The summed E-state index contributed by atoms with van der Waals surface area (Å²) in [6.45, 7) is 0. The first-order chi connectivity index (χ1) is 12.0. The fraction of sp³-hybridized carbons (Fsp3) is 0.158. The monoisotopic (exact) mass is 349 g/mol. The van der Waals surface area contributed by atoms with E-state index in [1.807, 2.05) is 24.3 Å². The maximum absolute atomic E-state index is 12.8. The zero-order chi connectivity index (χ0) is 18.0. The minimum absolute atomic E-state index is 0.192. The average molecular weight is 349 g/mol. The smallest absolute Gasteiger partial charge is 0.253 e. The van der Waals surface area contributed by atoms with E-state index in [1.165, 1.54) is 22.3 Å². The van der Waals surface area contributed by atoms with E-state index in [0.717, 1.165) is 10.2 Å². The normalized spacial score (nSPS) is 11.7. The summed E-state index contributed by atoms with van der Waals surface area (Å²) in [6.07, 6.45) is 0. The van der Waals surface area contributed by atoms with Gasteiger partial charge in [-0.2, -0.15) is 5.26 Å². The highest BCUT2D eigenvalue weighted by Gasteiger charge is 2.26. The van der Waals surface area contributed by atoms with Gasteiger partial charge in [-0.05, 0) is 24.3 Å². The second-order valence-corrected chi connectivity index (χ2v) is 6.79. The lowest BCUT2D eigenvalue weighted by Gasteiger charge is -2.11. The van der Waals surface area contributed by atoms with Gasteiger partial charge in [0.15, 0.2) is 11.7 Å². The number of hydrogen-bond donors (Lipinski definition) is 0. The highest BCUT2D eigenvalue weighted by molar-refractivity contribution is 7.18. The Hall–Kier alpha value is -3.04. The van der Waals surface area contributed by atoms with Crippen LogP contribution in [0.1, 0.15) is 31.6 Å². The molecule has 25 heavy (non-hydrogen) atoms. The van der Waals surface area contributed by atoms with Crippen molar-refractivity contribution in [2.24, 2.45) is 0 Å². The average Bonchev–Trinajstić information content (AvgIpc) is 3.05. The SMILES string of the molecule is CN(C)C(=O)c1cccc(C(=O)[C@@H](C#N)c2nc3ccccc3s2)c1. The summed E-state index contributed by atoms with van der Waals surface area (Å²) >= 11 is 1.34. The van der Waals surface area contributed by atoms with Gasteiger partial charge >= 0.3 is 0 Å². The van der Waals surface area contributed by atoms with Crippen molar-refractivity contribution in [2.45, 2.75) is 5.92 Å². The van der Waals surface area contributed by atoms with E-state index in [9.17, 15) is 14.9 Å². The third-order valence-electron chi connectivity index (χ3n) is 3.75. The van der Waals surface area contributed by atoms with Crippen molar-refractivity contribution in [3.05, 3.63) is 64.7 Å². The number of para-hydroxylation sites is 1. The third kappa shape index (κ3) is 3.28. The van der Waals surface area contributed by atoms with Crippen LogP contribution in [0.3, 0.4) is 0 Å². The molecule has 1 amide bonds. The third-order valence-corrected chi connectivity index (χ3v) is 4.85. The van der Waals surface area contributed by atoms with Crippen molar-refractivity contribution >= 4 is 33.2 Å². The number of hydrogen-bond acceptors (Lipinski definition) is 5. The molecule has 0 aliphatic heterocycles. The zero-order valence-electron chi connectivity index (χ0n) is 13.8. The number of fused-ring (bicyclic) bond motifs is 1. The second-order valence-electron chi connectivity index (χ2n) is 5.73. The van der Waals surface area contributed by atoms with Gasteiger partial charge in [-0.1, -0.05) is 24.3 Å². The summed E-state index contributed by atoms with van der Waals surface area (Å²) in [5.74, 6) is -1.53. The van der Waals surface area contributed by atoms with Crippen LogP contribution in [0.2, 0.25) is 0 Å². The second kappa shape index (κ2) is 6.83.